The van der Waals surface area contributed by atoms with E-state index in [1.165, 1.54) is 17.7 Å². The molecule has 2 aromatic carbocycles. The number of benzene rings is 2. The highest BCUT2D eigenvalue weighted by Crippen LogP contribution is 2.26. The van der Waals surface area contributed by atoms with Gasteiger partial charge in [0, 0.05) is 42.8 Å². The summed E-state index contributed by atoms with van der Waals surface area (Å²) >= 11 is 5.95. The van der Waals surface area contributed by atoms with E-state index >= 15 is 0 Å². The van der Waals surface area contributed by atoms with Crippen molar-refractivity contribution >= 4 is 23.2 Å². The summed E-state index contributed by atoms with van der Waals surface area (Å²) in [4.78, 5) is 16.8. The topological polar surface area (TPSA) is 23.6 Å². The van der Waals surface area contributed by atoms with Gasteiger partial charge in [-0.15, -0.1) is 0 Å². The Labute approximate surface area is 159 Å². The molecule has 3 rings (SSSR count). The number of halogens is 2. The molecule has 138 valence electrons. The fourth-order valence-corrected chi connectivity index (χ4v) is 3.64. The van der Waals surface area contributed by atoms with Gasteiger partial charge in [-0.2, -0.15) is 0 Å². The highest BCUT2D eigenvalue weighted by molar-refractivity contribution is 6.30. The first-order valence-electron chi connectivity index (χ1n) is 9.11. The number of amides is 1. The zero-order chi connectivity index (χ0) is 18.5. The van der Waals surface area contributed by atoms with Crippen LogP contribution in [0.2, 0.25) is 5.02 Å². The molecule has 0 N–H and O–H groups in total. The highest BCUT2D eigenvalue weighted by atomic mass is 35.5. The molecule has 0 saturated carbocycles. The Morgan fingerprint density at radius 2 is 1.73 bits per heavy atom. The standard InChI is InChI=1S/C21H24ClFN2O/c1-2-21(26)25(19-9-7-18(23)8-10-19)20-11-13-24(14-12-20)15-16-3-5-17(22)6-4-16/h3-10,20H,2,11-15H2,1H3. The highest BCUT2D eigenvalue weighted by Gasteiger charge is 2.28. The normalized spacial score (nSPS) is 15.8. The van der Waals surface area contributed by atoms with Gasteiger partial charge in [0.15, 0.2) is 0 Å². The maximum atomic E-state index is 13.2. The van der Waals surface area contributed by atoms with Crippen LogP contribution in [-0.2, 0) is 11.3 Å². The van der Waals surface area contributed by atoms with Crippen molar-refractivity contribution in [2.45, 2.75) is 38.8 Å². The average molecular weight is 375 g/mol. The van der Waals surface area contributed by atoms with E-state index in [2.05, 4.69) is 17.0 Å². The quantitative estimate of drug-likeness (QED) is 0.744. The zero-order valence-corrected chi connectivity index (χ0v) is 15.8. The van der Waals surface area contributed by atoms with Gasteiger partial charge in [-0.1, -0.05) is 30.7 Å². The van der Waals surface area contributed by atoms with Crippen LogP contribution in [0.25, 0.3) is 0 Å². The van der Waals surface area contributed by atoms with Crippen molar-refractivity contribution in [3.63, 3.8) is 0 Å². The van der Waals surface area contributed by atoms with Gasteiger partial charge in [0.25, 0.3) is 0 Å². The maximum absolute atomic E-state index is 13.2. The molecule has 0 aromatic heterocycles. The van der Waals surface area contributed by atoms with Gasteiger partial charge in [0.05, 0.1) is 0 Å². The molecule has 0 unspecified atom stereocenters. The molecule has 1 heterocycles. The molecule has 0 bridgehead atoms. The summed E-state index contributed by atoms with van der Waals surface area (Å²) in [5, 5.41) is 0.750. The van der Waals surface area contributed by atoms with E-state index in [4.69, 9.17) is 11.6 Å². The van der Waals surface area contributed by atoms with Gasteiger partial charge < -0.3 is 4.90 Å². The number of carbonyl (C=O) groups is 1. The molecule has 1 saturated heterocycles. The Bertz CT molecular complexity index is 725. The number of hydrogen-bond acceptors (Lipinski definition) is 2. The zero-order valence-electron chi connectivity index (χ0n) is 15.0. The fraction of sp³-hybridized carbons (Fsp3) is 0.381. The number of anilines is 1. The van der Waals surface area contributed by atoms with Crippen molar-refractivity contribution in [2.24, 2.45) is 0 Å². The van der Waals surface area contributed by atoms with Gasteiger partial charge in [0.1, 0.15) is 5.82 Å². The Morgan fingerprint density at radius 3 is 2.31 bits per heavy atom. The summed E-state index contributed by atoms with van der Waals surface area (Å²) in [5.41, 5.74) is 2.03. The minimum Gasteiger partial charge on any atom is -0.309 e. The van der Waals surface area contributed by atoms with E-state index in [-0.39, 0.29) is 17.8 Å². The molecule has 26 heavy (non-hydrogen) atoms. The number of carbonyl (C=O) groups excluding carboxylic acids is 1. The second-order valence-corrected chi connectivity index (χ2v) is 7.16. The van der Waals surface area contributed by atoms with Gasteiger partial charge >= 0.3 is 0 Å². The van der Waals surface area contributed by atoms with Crippen LogP contribution in [0.4, 0.5) is 10.1 Å². The van der Waals surface area contributed by atoms with Crippen LogP contribution in [0.5, 0.6) is 0 Å². The molecule has 0 atom stereocenters. The van der Waals surface area contributed by atoms with Crippen molar-refractivity contribution in [3.8, 4) is 0 Å². The maximum Gasteiger partial charge on any atom is 0.226 e. The number of hydrogen-bond donors (Lipinski definition) is 0. The summed E-state index contributed by atoms with van der Waals surface area (Å²) < 4.78 is 13.2. The predicted octanol–water partition coefficient (Wildman–Crippen LogP) is 4.89. The van der Waals surface area contributed by atoms with Crippen LogP contribution < -0.4 is 4.90 Å². The van der Waals surface area contributed by atoms with Gasteiger partial charge in [-0.3, -0.25) is 9.69 Å². The smallest absolute Gasteiger partial charge is 0.226 e. The SMILES string of the molecule is CCC(=O)N(c1ccc(F)cc1)C1CCN(Cc2ccc(Cl)cc2)CC1. The molecule has 2 aromatic rings. The van der Waals surface area contributed by atoms with Crippen LogP contribution >= 0.6 is 11.6 Å². The lowest BCUT2D eigenvalue weighted by Crippen LogP contribution is -2.47. The van der Waals surface area contributed by atoms with E-state index < -0.39 is 0 Å². The summed E-state index contributed by atoms with van der Waals surface area (Å²) in [6.07, 6.45) is 2.27. The van der Waals surface area contributed by atoms with Crippen LogP contribution in [-0.4, -0.2) is 29.9 Å². The van der Waals surface area contributed by atoms with E-state index in [1.54, 1.807) is 12.1 Å². The Kier molecular flexibility index (Phi) is 6.28. The van der Waals surface area contributed by atoms with Crippen molar-refractivity contribution in [3.05, 3.63) is 64.9 Å². The van der Waals surface area contributed by atoms with Crippen LogP contribution in [0, 0.1) is 5.82 Å². The van der Waals surface area contributed by atoms with Crippen molar-refractivity contribution < 1.29 is 9.18 Å². The Balaban J connectivity index is 1.64. The van der Waals surface area contributed by atoms with Crippen LogP contribution in [0.15, 0.2) is 48.5 Å². The van der Waals surface area contributed by atoms with Crippen molar-refractivity contribution in [1.29, 1.82) is 0 Å². The first kappa shape index (κ1) is 18.9. The summed E-state index contributed by atoms with van der Waals surface area (Å²) in [6, 6.07) is 14.3. The average Bonchev–Trinajstić information content (AvgIpc) is 2.66. The van der Waals surface area contributed by atoms with E-state index in [0.29, 0.717) is 6.42 Å². The molecular weight excluding hydrogens is 351 g/mol. The molecule has 1 aliphatic heterocycles. The summed E-state index contributed by atoms with van der Waals surface area (Å²) in [5.74, 6) is -0.191. The Hall–Kier alpha value is -1.91. The lowest BCUT2D eigenvalue weighted by molar-refractivity contribution is -0.119. The summed E-state index contributed by atoms with van der Waals surface area (Å²) in [6.45, 7) is 4.63. The van der Waals surface area contributed by atoms with Crippen LogP contribution in [0.1, 0.15) is 31.7 Å². The van der Waals surface area contributed by atoms with Crippen molar-refractivity contribution in [1.82, 2.24) is 4.90 Å². The molecule has 0 spiro atoms. The molecule has 1 amide bonds. The van der Waals surface area contributed by atoms with E-state index in [1.807, 2.05) is 24.0 Å². The molecule has 3 nitrogen and oxygen atoms in total. The lowest BCUT2D eigenvalue weighted by atomic mass is 10.0. The third kappa shape index (κ3) is 4.63. The lowest BCUT2D eigenvalue weighted by Gasteiger charge is -2.38. The summed E-state index contributed by atoms with van der Waals surface area (Å²) in [7, 11) is 0. The fourth-order valence-electron chi connectivity index (χ4n) is 3.51. The Morgan fingerprint density at radius 1 is 1.12 bits per heavy atom. The molecule has 5 heteroatoms. The second-order valence-electron chi connectivity index (χ2n) is 6.73. The molecule has 0 radical (unpaired) electrons. The molecule has 1 aliphatic rings. The molecule has 0 aliphatic carbocycles. The monoisotopic (exact) mass is 374 g/mol. The van der Waals surface area contributed by atoms with E-state index in [0.717, 1.165) is 43.2 Å². The predicted molar refractivity (Wildman–Crippen MR) is 104 cm³/mol. The largest absolute Gasteiger partial charge is 0.309 e. The number of piperidine rings is 1. The number of likely N-dealkylation sites (tertiary alicyclic amines) is 1. The third-order valence-electron chi connectivity index (χ3n) is 4.92. The number of rotatable bonds is 5. The minimum atomic E-state index is -0.282. The van der Waals surface area contributed by atoms with Gasteiger partial charge in [-0.05, 0) is 54.8 Å². The second kappa shape index (κ2) is 8.65. The minimum absolute atomic E-state index is 0.0905. The van der Waals surface area contributed by atoms with Crippen LogP contribution in [0.3, 0.4) is 0 Å². The van der Waals surface area contributed by atoms with E-state index in [9.17, 15) is 9.18 Å². The first-order valence-corrected chi connectivity index (χ1v) is 9.49. The van der Waals surface area contributed by atoms with Gasteiger partial charge in [0.2, 0.25) is 5.91 Å². The first-order chi connectivity index (χ1) is 12.6. The number of nitrogens with zero attached hydrogens (tertiary/aromatic N) is 2. The van der Waals surface area contributed by atoms with Gasteiger partial charge in [-0.25, -0.2) is 4.39 Å². The van der Waals surface area contributed by atoms with Crippen molar-refractivity contribution in [2.75, 3.05) is 18.0 Å². The third-order valence-corrected chi connectivity index (χ3v) is 5.17. The molecule has 1 fully saturated rings. The molecular formula is C21H24ClFN2O.